The van der Waals surface area contributed by atoms with Crippen molar-refractivity contribution in [1.29, 1.82) is 0 Å². The van der Waals surface area contributed by atoms with E-state index in [-0.39, 0.29) is 5.91 Å². The molecule has 2 aromatic carbocycles. The summed E-state index contributed by atoms with van der Waals surface area (Å²) in [5, 5.41) is 0. The molecule has 140 valence electrons. The molecule has 2 aliphatic heterocycles. The van der Waals surface area contributed by atoms with Crippen molar-refractivity contribution in [3.63, 3.8) is 0 Å². The lowest BCUT2D eigenvalue weighted by molar-refractivity contribution is 0.0623. The average molecular weight is 379 g/mol. The first-order valence-corrected chi connectivity index (χ1v) is 10.6. The fourth-order valence-corrected chi connectivity index (χ4v) is 5.25. The number of benzene rings is 2. The molecule has 0 aromatic heterocycles. The van der Waals surface area contributed by atoms with Crippen LogP contribution in [0.25, 0.3) is 0 Å². The number of carbonyl (C=O) groups excluding carboxylic acids is 1. The number of hydrogen-bond acceptors (Lipinski definition) is 3. The number of hydrogen-bond donors (Lipinski definition) is 0. The van der Waals surface area contributed by atoms with E-state index in [9.17, 15) is 4.79 Å². The molecule has 27 heavy (non-hydrogen) atoms. The molecule has 2 heterocycles. The summed E-state index contributed by atoms with van der Waals surface area (Å²) < 4.78 is 0. The number of carbonyl (C=O) groups is 1. The molecule has 0 unspecified atom stereocenters. The molecule has 0 aliphatic carbocycles. The molecular weight excluding hydrogens is 352 g/mol. The molecule has 0 bridgehead atoms. The van der Waals surface area contributed by atoms with Crippen molar-refractivity contribution >= 4 is 29.1 Å². The van der Waals surface area contributed by atoms with E-state index in [0.29, 0.717) is 11.8 Å². The van der Waals surface area contributed by atoms with Crippen molar-refractivity contribution < 1.29 is 4.79 Å². The minimum Gasteiger partial charge on any atom is -0.338 e. The van der Waals surface area contributed by atoms with Crippen LogP contribution >= 0.6 is 11.8 Å². The van der Waals surface area contributed by atoms with E-state index >= 15 is 0 Å². The first-order valence-electron chi connectivity index (χ1n) is 9.83. The van der Waals surface area contributed by atoms with E-state index < -0.39 is 0 Å². The SMILES string of the molecule is CCC1=Nc2cc(C(=O)N3C[C@H](C)C[C@@H](C)C3)ccc2Sc2ccccc21. The van der Waals surface area contributed by atoms with Gasteiger partial charge in [-0.15, -0.1) is 0 Å². The van der Waals surface area contributed by atoms with Gasteiger partial charge in [-0.3, -0.25) is 9.79 Å². The molecule has 0 radical (unpaired) electrons. The number of aliphatic imine (C=N–C) groups is 1. The summed E-state index contributed by atoms with van der Waals surface area (Å²) >= 11 is 1.74. The van der Waals surface area contributed by atoms with Gasteiger partial charge in [-0.05, 0) is 48.9 Å². The number of amides is 1. The Balaban J connectivity index is 1.69. The van der Waals surface area contributed by atoms with Gasteiger partial charge >= 0.3 is 0 Å². The minimum atomic E-state index is 0.135. The molecule has 2 aromatic rings. The second-order valence-corrected chi connectivity index (χ2v) is 8.93. The highest BCUT2D eigenvalue weighted by atomic mass is 32.2. The maximum atomic E-state index is 13.1. The van der Waals surface area contributed by atoms with E-state index in [0.717, 1.165) is 41.4 Å². The number of nitrogens with zero attached hydrogens (tertiary/aromatic N) is 2. The van der Waals surface area contributed by atoms with Crippen LogP contribution in [0.15, 0.2) is 57.2 Å². The maximum Gasteiger partial charge on any atom is 0.253 e. The van der Waals surface area contributed by atoms with Crippen LogP contribution in [0.3, 0.4) is 0 Å². The monoisotopic (exact) mass is 378 g/mol. The molecule has 0 spiro atoms. The van der Waals surface area contributed by atoms with Crippen LogP contribution in [-0.4, -0.2) is 29.6 Å². The van der Waals surface area contributed by atoms with E-state index in [2.05, 4.69) is 51.1 Å². The molecule has 4 heteroatoms. The van der Waals surface area contributed by atoms with Crippen molar-refractivity contribution in [2.24, 2.45) is 16.8 Å². The molecule has 2 aliphatic rings. The van der Waals surface area contributed by atoms with Gasteiger partial charge in [0, 0.05) is 39.7 Å². The van der Waals surface area contributed by atoms with Crippen LogP contribution in [-0.2, 0) is 0 Å². The maximum absolute atomic E-state index is 13.1. The topological polar surface area (TPSA) is 32.7 Å². The first kappa shape index (κ1) is 18.3. The number of rotatable bonds is 2. The van der Waals surface area contributed by atoms with E-state index in [4.69, 9.17) is 4.99 Å². The fourth-order valence-electron chi connectivity index (χ4n) is 4.22. The van der Waals surface area contributed by atoms with E-state index in [1.807, 2.05) is 17.0 Å². The molecule has 1 amide bonds. The van der Waals surface area contributed by atoms with E-state index in [1.54, 1.807) is 11.8 Å². The molecule has 0 N–H and O–H groups in total. The highest BCUT2D eigenvalue weighted by Gasteiger charge is 2.27. The summed E-state index contributed by atoms with van der Waals surface area (Å²) in [4.78, 5) is 22.4. The quantitative estimate of drug-likeness (QED) is 0.661. The lowest BCUT2D eigenvalue weighted by Gasteiger charge is -2.35. The summed E-state index contributed by atoms with van der Waals surface area (Å²) in [6.45, 7) is 8.31. The second-order valence-electron chi connectivity index (χ2n) is 7.85. The van der Waals surface area contributed by atoms with Crippen molar-refractivity contribution in [2.45, 2.75) is 43.4 Å². The third kappa shape index (κ3) is 3.68. The lowest BCUT2D eigenvalue weighted by Crippen LogP contribution is -2.42. The average Bonchev–Trinajstić information content (AvgIpc) is 2.82. The van der Waals surface area contributed by atoms with Gasteiger partial charge in [0.25, 0.3) is 5.91 Å². The smallest absolute Gasteiger partial charge is 0.253 e. The van der Waals surface area contributed by atoms with Gasteiger partial charge < -0.3 is 4.90 Å². The molecule has 0 saturated carbocycles. The second kappa shape index (κ2) is 7.51. The Kier molecular flexibility index (Phi) is 5.09. The summed E-state index contributed by atoms with van der Waals surface area (Å²) in [5.41, 5.74) is 3.95. The summed E-state index contributed by atoms with van der Waals surface area (Å²) in [5.74, 6) is 1.26. The van der Waals surface area contributed by atoms with Gasteiger partial charge in [0.1, 0.15) is 0 Å². The van der Waals surface area contributed by atoms with Crippen LogP contribution in [0.4, 0.5) is 5.69 Å². The normalized spacial score (nSPS) is 21.7. The third-order valence-electron chi connectivity index (χ3n) is 5.37. The van der Waals surface area contributed by atoms with Crippen molar-refractivity contribution in [3.05, 3.63) is 53.6 Å². The Morgan fingerprint density at radius 2 is 1.85 bits per heavy atom. The third-order valence-corrected chi connectivity index (χ3v) is 6.51. The van der Waals surface area contributed by atoms with Gasteiger partial charge in [-0.1, -0.05) is 50.7 Å². The zero-order valence-corrected chi connectivity index (χ0v) is 17.1. The van der Waals surface area contributed by atoms with Crippen molar-refractivity contribution in [1.82, 2.24) is 4.90 Å². The Bertz CT molecular complexity index is 895. The Labute approximate surface area is 165 Å². The van der Waals surface area contributed by atoms with Gasteiger partial charge in [-0.2, -0.15) is 0 Å². The van der Waals surface area contributed by atoms with Crippen LogP contribution in [0.5, 0.6) is 0 Å². The van der Waals surface area contributed by atoms with Crippen LogP contribution in [0.1, 0.15) is 49.5 Å². The summed E-state index contributed by atoms with van der Waals surface area (Å²) in [6, 6.07) is 14.4. The Morgan fingerprint density at radius 3 is 2.59 bits per heavy atom. The zero-order chi connectivity index (χ0) is 19.0. The van der Waals surface area contributed by atoms with Gasteiger partial charge in [-0.25, -0.2) is 0 Å². The molecule has 3 nitrogen and oxygen atoms in total. The Hall–Kier alpha value is -2.07. The van der Waals surface area contributed by atoms with Gasteiger partial charge in [0.15, 0.2) is 0 Å². The lowest BCUT2D eigenvalue weighted by atomic mass is 9.91. The van der Waals surface area contributed by atoms with Crippen molar-refractivity contribution in [3.8, 4) is 0 Å². The molecule has 1 saturated heterocycles. The highest BCUT2D eigenvalue weighted by molar-refractivity contribution is 7.99. The Morgan fingerprint density at radius 1 is 1.11 bits per heavy atom. The summed E-state index contributed by atoms with van der Waals surface area (Å²) in [7, 11) is 0. The minimum absolute atomic E-state index is 0.135. The van der Waals surface area contributed by atoms with Crippen LogP contribution < -0.4 is 0 Å². The van der Waals surface area contributed by atoms with Crippen LogP contribution in [0, 0.1) is 11.8 Å². The predicted octanol–water partition coefficient (Wildman–Crippen LogP) is 5.80. The number of likely N-dealkylation sites (tertiary alicyclic amines) is 1. The van der Waals surface area contributed by atoms with Crippen LogP contribution in [0.2, 0.25) is 0 Å². The molecule has 4 rings (SSSR count). The fraction of sp³-hybridized carbons (Fsp3) is 0.391. The molecular formula is C23H26N2OS. The van der Waals surface area contributed by atoms with Crippen molar-refractivity contribution in [2.75, 3.05) is 13.1 Å². The zero-order valence-electron chi connectivity index (χ0n) is 16.2. The van der Waals surface area contributed by atoms with Gasteiger partial charge in [0.05, 0.1) is 5.69 Å². The standard InChI is InChI=1S/C23H26N2OS/c1-4-19-18-7-5-6-8-21(18)27-22-10-9-17(12-20(22)24-19)23(26)25-13-15(2)11-16(3)14-25/h5-10,12,15-16H,4,11,13-14H2,1-3H3/t15-,16-/m1/s1. The summed E-state index contributed by atoms with van der Waals surface area (Å²) in [6.07, 6.45) is 2.07. The van der Waals surface area contributed by atoms with E-state index in [1.165, 1.54) is 16.9 Å². The largest absolute Gasteiger partial charge is 0.338 e. The molecule has 1 fully saturated rings. The van der Waals surface area contributed by atoms with Gasteiger partial charge in [0.2, 0.25) is 0 Å². The number of fused-ring (bicyclic) bond motifs is 2. The highest BCUT2D eigenvalue weighted by Crippen LogP contribution is 2.41. The predicted molar refractivity (Wildman–Crippen MR) is 112 cm³/mol. The molecule has 2 atom stereocenters. The number of piperidine rings is 1. The first-order chi connectivity index (χ1) is 13.0.